The lowest BCUT2D eigenvalue weighted by atomic mass is 9.86. The van der Waals surface area contributed by atoms with Crippen molar-refractivity contribution in [2.75, 3.05) is 18.4 Å². The van der Waals surface area contributed by atoms with Crippen molar-refractivity contribution in [1.29, 1.82) is 5.26 Å². The van der Waals surface area contributed by atoms with Crippen LogP contribution in [0, 0.1) is 16.7 Å². The van der Waals surface area contributed by atoms with Gasteiger partial charge in [-0.05, 0) is 87.6 Å². The summed E-state index contributed by atoms with van der Waals surface area (Å²) in [7, 11) is 0. The highest BCUT2D eigenvalue weighted by molar-refractivity contribution is 5.89. The van der Waals surface area contributed by atoms with Crippen LogP contribution in [0.3, 0.4) is 0 Å². The molecule has 5 rings (SSSR count). The number of anilines is 1. The molecule has 5 nitrogen and oxygen atoms in total. The molecule has 0 radical (unpaired) electrons. The Kier molecular flexibility index (Phi) is 4.68. The van der Waals surface area contributed by atoms with E-state index in [2.05, 4.69) is 32.3 Å². The summed E-state index contributed by atoms with van der Waals surface area (Å²) in [6.07, 6.45) is 12.9. The van der Waals surface area contributed by atoms with Gasteiger partial charge in [-0.2, -0.15) is 5.26 Å². The van der Waals surface area contributed by atoms with E-state index < -0.39 is 0 Å². The molecule has 0 bridgehead atoms. The number of likely N-dealkylation sites (tertiary alicyclic amines) is 1. The zero-order valence-corrected chi connectivity index (χ0v) is 16.5. The molecule has 1 aromatic carbocycles. The molecule has 2 aliphatic carbocycles. The molecule has 0 atom stereocenters. The summed E-state index contributed by atoms with van der Waals surface area (Å²) in [4.78, 5) is 11.7. The number of nitrogens with zero attached hydrogens (tertiary/aromatic N) is 4. The predicted molar refractivity (Wildman–Crippen MR) is 111 cm³/mol. The topological polar surface area (TPSA) is 64.8 Å². The number of hydrogen-bond acceptors (Lipinski definition) is 5. The maximum atomic E-state index is 8.99. The van der Waals surface area contributed by atoms with E-state index in [4.69, 9.17) is 5.26 Å². The minimum Gasteiger partial charge on any atom is -0.367 e. The van der Waals surface area contributed by atoms with Crippen molar-refractivity contribution >= 4 is 16.7 Å². The monoisotopic (exact) mass is 375 g/mol. The summed E-state index contributed by atoms with van der Waals surface area (Å²) in [5.74, 6) is 0.918. The lowest BCUT2D eigenvalue weighted by Crippen LogP contribution is -2.45. The fourth-order valence-corrected chi connectivity index (χ4v) is 5.24. The number of piperidine rings is 1. The maximum Gasteiger partial charge on any atom is 0.137 e. The van der Waals surface area contributed by atoms with Crippen molar-refractivity contribution in [2.24, 2.45) is 5.41 Å². The molecule has 1 aromatic heterocycles. The second-order valence-corrected chi connectivity index (χ2v) is 9.09. The molecular weight excluding hydrogens is 346 g/mol. The van der Waals surface area contributed by atoms with E-state index in [0.717, 1.165) is 33.7 Å². The lowest BCUT2D eigenvalue weighted by molar-refractivity contribution is 0.0975. The number of aromatic nitrogens is 2. The Labute approximate surface area is 167 Å². The summed E-state index contributed by atoms with van der Waals surface area (Å²) in [6, 6.07) is 9.53. The van der Waals surface area contributed by atoms with Gasteiger partial charge in [-0.15, -0.1) is 0 Å². The predicted octanol–water partition coefficient (Wildman–Crippen LogP) is 4.29. The normalized spacial score (nSPS) is 26.8. The van der Waals surface area contributed by atoms with E-state index in [0.29, 0.717) is 12.5 Å². The van der Waals surface area contributed by atoms with Crippen molar-refractivity contribution in [2.45, 2.75) is 69.9 Å². The van der Waals surface area contributed by atoms with Crippen LogP contribution >= 0.6 is 0 Å². The van der Waals surface area contributed by atoms with Crippen molar-refractivity contribution in [3.8, 4) is 6.07 Å². The van der Waals surface area contributed by atoms with Gasteiger partial charge in [0.25, 0.3) is 0 Å². The molecule has 2 saturated carbocycles. The van der Waals surface area contributed by atoms with E-state index in [1.807, 2.05) is 12.1 Å². The lowest BCUT2D eigenvalue weighted by Gasteiger charge is -2.41. The van der Waals surface area contributed by atoms with Crippen molar-refractivity contribution < 1.29 is 0 Å². The molecule has 1 N–H and O–H groups in total. The Balaban J connectivity index is 1.22. The van der Waals surface area contributed by atoms with Gasteiger partial charge in [0.05, 0.1) is 18.0 Å². The fourth-order valence-electron chi connectivity index (χ4n) is 5.24. The first-order chi connectivity index (χ1) is 13.7. The molecule has 2 heterocycles. The average molecular weight is 376 g/mol. The molecule has 146 valence electrons. The largest absolute Gasteiger partial charge is 0.367 e. The minimum atomic E-state index is 0.423. The number of nitriles is 1. The summed E-state index contributed by atoms with van der Waals surface area (Å²) < 4.78 is 0. The van der Waals surface area contributed by atoms with Gasteiger partial charge >= 0.3 is 0 Å². The zero-order valence-electron chi connectivity index (χ0n) is 16.5. The van der Waals surface area contributed by atoms with Gasteiger partial charge in [0.15, 0.2) is 0 Å². The van der Waals surface area contributed by atoms with Crippen LogP contribution in [0.5, 0.6) is 0 Å². The molecule has 3 fully saturated rings. The van der Waals surface area contributed by atoms with Gasteiger partial charge in [0.2, 0.25) is 0 Å². The third-order valence-electron chi connectivity index (χ3n) is 7.35. The number of rotatable bonds is 4. The van der Waals surface area contributed by atoms with E-state index >= 15 is 0 Å². The van der Waals surface area contributed by atoms with Crippen LogP contribution in [0.25, 0.3) is 10.9 Å². The van der Waals surface area contributed by atoms with E-state index in [9.17, 15) is 0 Å². The molecule has 1 saturated heterocycles. The third kappa shape index (κ3) is 3.58. The highest BCUT2D eigenvalue weighted by Crippen LogP contribution is 2.54. The van der Waals surface area contributed by atoms with Gasteiger partial charge in [-0.25, -0.2) is 9.97 Å². The van der Waals surface area contributed by atoms with E-state index in [1.54, 1.807) is 6.33 Å². The molecule has 1 spiro atoms. The van der Waals surface area contributed by atoms with E-state index in [1.165, 1.54) is 64.5 Å². The summed E-state index contributed by atoms with van der Waals surface area (Å²) in [6.45, 7) is 2.64. The van der Waals surface area contributed by atoms with Crippen molar-refractivity contribution in [3.05, 3.63) is 30.1 Å². The second-order valence-electron chi connectivity index (χ2n) is 9.09. The summed E-state index contributed by atoms with van der Waals surface area (Å²) in [5.41, 5.74) is 2.73. The SMILES string of the molecule is N#CCc1ccc2ncnc(NC3CCC(N4CCC5(CC4)CC5)CC3)c2c1. The number of hydrogen-bond donors (Lipinski definition) is 1. The third-order valence-corrected chi connectivity index (χ3v) is 7.35. The van der Waals surface area contributed by atoms with Crippen LogP contribution in [0.15, 0.2) is 24.5 Å². The summed E-state index contributed by atoms with van der Waals surface area (Å²) in [5, 5.41) is 13.7. The van der Waals surface area contributed by atoms with Gasteiger partial charge < -0.3 is 10.2 Å². The van der Waals surface area contributed by atoms with Crippen LogP contribution in [0.1, 0.15) is 56.9 Å². The van der Waals surface area contributed by atoms with Gasteiger partial charge in [-0.3, -0.25) is 0 Å². The summed E-state index contributed by atoms with van der Waals surface area (Å²) >= 11 is 0. The highest BCUT2D eigenvalue weighted by atomic mass is 15.2. The fraction of sp³-hybridized carbons (Fsp3) is 0.609. The van der Waals surface area contributed by atoms with E-state index in [-0.39, 0.29) is 0 Å². The molecule has 0 amide bonds. The molecule has 5 heteroatoms. The average Bonchev–Trinajstić information content (AvgIpc) is 3.49. The Morgan fingerprint density at radius 2 is 1.86 bits per heavy atom. The molecule has 28 heavy (non-hydrogen) atoms. The number of benzene rings is 1. The van der Waals surface area contributed by atoms with Crippen LogP contribution in [0.4, 0.5) is 5.82 Å². The van der Waals surface area contributed by atoms with Crippen LogP contribution in [-0.4, -0.2) is 40.0 Å². The Hall–Kier alpha value is -2.19. The Morgan fingerprint density at radius 3 is 2.57 bits per heavy atom. The molecule has 2 aromatic rings. The molecule has 3 aliphatic rings. The maximum absolute atomic E-state index is 8.99. The number of fused-ring (bicyclic) bond motifs is 1. The smallest absolute Gasteiger partial charge is 0.137 e. The van der Waals surface area contributed by atoms with Crippen molar-refractivity contribution in [3.63, 3.8) is 0 Å². The quantitative estimate of drug-likeness (QED) is 0.863. The highest BCUT2D eigenvalue weighted by Gasteiger charge is 2.45. The van der Waals surface area contributed by atoms with Gasteiger partial charge in [0.1, 0.15) is 12.1 Å². The molecule has 0 unspecified atom stereocenters. The molecular formula is C23H29N5. The van der Waals surface area contributed by atoms with Crippen LogP contribution < -0.4 is 5.32 Å². The first-order valence-corrected chi connectivity index (χ1v) is 10.9. The van der Waals surface area contributed by atoms with Crippen LogP contribution in [0.2, 0.25) is 0 Å². The second kappa shape index (κ2) is 7.33. The zero-order chi connectivity index (χ0) is 19.0. The standard InChI is InChI=1S/C23H29N5/c24-12-7-17-1-6-21-20(15-17)22(26-16-25-21)27-18-2-4-19(5-3-18)28-13-10-23(8-9-23)11-14-28/h1,6,15-16,18-19H,2-5,7-11,13-14H2,(H,25,26,27). The van der Waals surface area contributed by atoms with Gasteiger partial charge in [0, 0.05) is 17.5 Å². The van der Waals surface area contributed by atoms with Gasteiger partial charge in [-0.1, -0.05) is 6.07 Å². The minimum absolute atomic E-state index is 0.423. The molecule has 1 aliphatic heterocycles. The first kappa shape index (κ1) is 17.9. The Bertz CT molecular complexity index is 879. The van der Waals surface area contributed by atoms with Crippen LogP contribution in [-0.2, 0) is 6.42 Å². The number of nitrogens with one attached hydrogen (secondary N) is 1. The first-order valence-electron chi connectivity index (χ1n) is 10.9. The Morgan fingerprint density at radius 1 is 1.07 bits per heavy atom. The van der Waals surface area contributed by atoms with Crippen molar-refractivity contribution in [1.82, 2.24) is 14.9 Å².